The third-order valence-corrected chi connectivity index (χ3v) is 15.3. The van der Waals surface area contributed by atoms with Crippen LogP contribution >= 0.6 is 67.8 Å². The van der Waals surface area contributed by atoms with E-state index in [4.69, 9.17) is 4.74 Å². The van der Waals surface area contributed by atoms with Gasteiger partial charge in [-0.25, -0.2) is 9.97 Å². The summed E-state index contributed by atoms with van der Waals surface area (Å²) in [4.78, 5) is 35.8. The predicted octanol–water partition coefficient (Wildman–Crippen LogP) is 8.75. The second kappa shape index (κ2) is 20.0. The number of hydrogen-bond acceptors (Lipinski definition) is 10. The molecule has 1 amide bonds. The quantitative estimate of drug-likeness (QED) is 0.106. The molecule has 66 heavy (non-hydrogen) atoms. The number of nitrogens with one attached hydrogen (secondary N) is 3. The third-order valence-electron chi connectivity index (χ3n) is 13.2. The molecule has 12 rings (SSSR count). The van der Waals surface area contributed by atoms with Gasteiger partial charge in [-0.1, -0.05) is 24.8 Å². The molecule has 6 fully saturated rings. The molecule has 0 bridgehead atoms. The van der Waals surface area contributed by atoms with Gasteiger partial charge in [-0.2, -0.15) is 0 Å². The number of rotatable bonds is 7. The van der Waals surface area contributed by atoms with Gasteiger partial charge in [-0.05, 0) is 179 Å². The molecule has 0 unspecified atom stereocenters. The van der Waals surface area contributed by atoms with Crippen molar-refractivity contribution in [2.75, 3.05) is 115 Å². The van der Waals surface area contributed by atoms with Crippen LogP contribution in [0.1, 0.15) is 0 Å². The van der Waals surface area contributed by atoms with Crippen LogP contribution in [0, 0.1) is 27.0 Å². The Morgan fingerprint density at radius 3 is 1.64 bits per heavy atom. The standard InChI is InChI=1S/C27H26N6O2.C12H15IN2.C6H4I2.C6H12N2/c1-3-24(34)30-19-5-4-6-21(11-19)35-26-22-12-23(31-25(22)28-17-29-26)18-7-9-20(10-8-18)33-15-27(16-33)13-32(2)14-27;1-14-6-12(7-14)8-15(9-12)11-4-2-10(13)3-5-11;7-5-1-2-6(8)4-3-5;1-8-4-6(5-8)2-7-3-6/h3-12,17H,1,13-16H2,2H3,(H,30,34)(H,28,29,31);2-5H,6-9H2,1H3;1-4H;7H,2-5H2,1H3. The minimum atomic E-state index is -0.280. The Morgan fingerprint density at radius 2 is 1.17 bits per heavy atom. The summed E-state index contributed by atoms with van der Waals surface area (Å²) in [7, 11) is 6.58. The number of fused-ring (bicyclic) bond motifs is 1. The molecule has 344 valence electrons. The molecular formula is C51H57I3N10O2. The van der Waals surface area contributed by atoms with Crippen LogP contribution in [0.5, 0.6) is 11.6 Å². The first-order chi connectivity index (χ1) is 31.8. The van der Waals surface area contributed by atoms with Crippen molar-refractivity contribution < 1.29 is 9.53 Å². The monoisotopic (exact) mass is 1220 g/mol. The van der Waals surface area contributed by atoms with Crippen LogP contribution in [0.3, 0.4) is 0 Å². The van der Waals surface area contributed by atoms with Gasteiger partial charge in [0.2, 0.25) is 11.8 Å². The minimum Gasteiger partial charge on any atom is -0.438 e. The Morgan fingerprint density at radius 1 is 0.667 bits per heavy atom. The summed E-state index contributed by atoms with van der Waals surface area (Å²) >= 11 is 6.94. The second-order valence-corrected chi connectivity index (χ2v) is 23.0. The van der Waals surface area contributed by atoms with E-state index in [1.54, 1.807) is 18.2 Å². The van der Waals surface area contributed by atoms with Crippen molar-refractivity contribution in [3.63, 3.8) is 0 Å². The maximum atomic E-state index is 11.6. The number of carbonyl (C=O) groups excluding carboxylic acids is 1. The molecule has 0 aliphatic carbocycles. The molecule has 0 saturated carbocycles. The predicted molar refractivity (Wildman–Crippen MR) is 293 cm³/mol. The molecule has 0 atom stereocenters. The van der Waals surface area contributed by atoms with Gasteiger partial charge in [0.25, 0.3) is 0 Å². The molecular weight excluding hydrogens is 1170 g/mol. The van der Waals surface area contributed by atoms with Crippen LogP contribution in [0.2, 0.25) is 0 Å². The van der Waals surface area contributed by atoms with E-state index in [1.165, 1.54) is 99.9 Å². The molecule has 2 aromatic heterocycles. The van der Waals surface area contributed by atoms with Crippen LogP contribution in [0.4, 0.5) is 17.1 Å². The summed E-state index contributed by atoms with van der Waals surface area (Å²) in [6.45, 7) is 18.4. The summed E-state index contributed by atoms with van der Waals surface area (Å²) in [6, 6.07) is 35.0. The Hall–Kier alpha value is -3.86. The average Bonchev–Trinajstić information content (AvgIpc) is 3.69. The highest BCUT2D eigenvalue weighted by atomic mass is 127. The number of ether oxygens (including phenoxy) is 1. The lowest BCUT2D eigenvalue weighted by molar-refractivity contribution is -0.111. The van der Waals surface area contributed by atoms with Crippen molar-refractivity contribution in [1.82, 2.24) is 35.0 Å². The number of H-pyrrole nitrogens is 1. The molecule has 6 aliphatic heterocycles. The van der Waals surface area contributed by atoms with E-state index in [0.717, 1.165) is 35.1 Å². The van der Waals surface area contributed by atoms with E-state index in [-0.39, 0.29) is 5.91 Å². The number of nitrogens with zero attached hydrogens (tertiary/aromatic N) is 7. The summed E-state index contributed by atoms with van der Waals surface area (Å²) in [5, 5.41) is 6.81. The average molecular weight is 1220 g/mol. The molecule has 0 radical (unpaired) electrons. The first-order valence-corrected chi connectivity index (χ1v) is 25.6. The van der Waals surface area contributed by atoms with Gasteiger partial charge in [0.05, 0.1) is 5.39 Å². The van der Waals surface area contributed by atoms with Gasteiger partial charge < -0.3 is 44.9 Å². The number of halogens is 3. The van der Waals surface area contributed by atoms with Gasteiger partial charge in [0.1, 0.15) is 17.7 Å². The fourth-order valence-corrected chi connectivity index (χ4v) is 11.4. The summed E-state index contributed by atoms with van der Waals surface area (Å²) in [5.41, 5.74) is 7.86. The summed E-state index contributed by atoms with van der Waals surface area (Å²) < 4.78 is 9.96. The van der Waals surface area contributed by atoms with E-state index in [9.17, 15) is 4.79 Å². The topological polar surface area (TPSA) is 108 Å². The molecule has 4 aromatic carbocycles. The summed E-state index contributed by atoms with van der Waals surface area (Å²) in [5.74, 6) is 0.721. The van der Waals surface area contributed by atoms with Gasteiger partial charge in [0.15, 0.2) is 0 Å². The van der Waals surface area contributed by atoms with Crippen molar-refractivity contribution in [2.24, 2.45) is 16.2 Å². The molecule has 8 heterocycles. The smallest absolute Gasteiger partial charge is 0.247 e. The zero-order valence-corrected chi connectivity index (χ0v) is 44.2. The molecule has 15 heteroatoms. The van der Waals surface area contributed by atoms with E-state index >= 15 is 0 Å². The number of aromatic nitrogens is 3. The Labute approximate surface area is 429 Å². The fourth-order valence-electron chi connectivity index (χ4n) is 10.3. The van der Waals surface area contributed by atoms with Crippen molar-refractivity contribution in [3.05, 3.63) is 133 Å². The lowest BCUT2D eigenvalue weighted by Gasteiger charge is -2.60. The minimum absolute atomic E-state index is 0.280. The maximum Gasteiger partial charge on any atom is 0.247 e. The largest absolute Gasteiger partial charge is 0.438 e. The van der Waals surface area contributed by atoms with E-state index in [0.29, 0.717) is 33.8 Å². The van der Waals surface area contributed by atoms with Crippen molar-refractivity contribution in [2.45, 2.75) is 0 Å². The first-order valence-electron chi connectivity index (χ1n) is 22.4. The highest BCUT2D eigenvalue weighted by Crippen LogP contribution is 2.43. The maximum absolute atomic E-state index is 11.6. The molecule has 6 saturated heterocycles. The molecule has 3 N–H and O–H groups in total. The van der Waals surface area contributed by atoms with Crippen molar-refractivity contribution >= 4 is 102 Å². The van der Waals surface area contributed by atoms with Crippen molar-refractivity contribution in [3.8, 4) is 22.9 Å². The van der Waals surface area contributed by atoms with Crippen LogP contribution in [0.15, 0.2) is 122 Å². The Bertz CT molecular complexity index is 2600. The highest BCUT2D eigenvalue weighted by molar-refractivity contribution is 14.1. The number of hydrogen-bond donors (Lipinski definition) is 3. The van der Waals surface area contributed by atoms with Crippen LogP contribution < -0.4 is 25.2 Å². The Kier molecular flexibility index (Phi) is 14.3. The normalized spacial score (nSPS) is 19.4. The second-order valence-electron chi connectivity index (χ2n) is 19.2. The third kappa shape index (κ3) is 11.0. The lowest BCUT2D eigenvalue weighted by atomic mass is 9.73. The molecule has 3 spiro atoms. The highest BCUT2D eigenvalue weighted by Gasteiger charge is 2.51. The van der Waals surface area contributed by atoms with Gasteiger partial charge in [0, 0.05) is 134 Å². The van der Waals surface area contributed by atoms with E-state index in [1.807, 2.05) is 12.1 Å². The Balaban J connectivity index is 0.000000142. The first kappa shape index (κ1) is 47.2. The lowest BCUT2D eigenvalue weighted by Crippen LogP contribution is -2.71. The van der Waals surface area contributed by atoms with E-state index < -0.39 is 0 Å². The number of carbonyl (C=O) groups is 1. The molecule has 6 aromatic rings. The van der Waals surface area contributed by atoms with Gasteiger partial charge >= 0.3 is 0 Å². The SMILES string of the molecule is C=CC(=O)Nc1cccc(Oc2ncnc3[nH]c(-c4ccc(N5CC6(CN(C)C6)C5)cc4)cc23)c1.CN1CC2(C1)CN(c1ccc(I)cc1)C2.CN1CC2(CNC2)C1.Ic1ccc(I)cc1. The van der Waals surface area contributed by atoms with Gasteiger partial charge in [-0.3, -0.25) is 4.79 Å². The number of likely N-dealkylation sites (tertiary alicyclic amines) is 3. The van der Waals surface area contributed by atoms with Crippen LogP contribution in [-0.2, 0) is 4.79 Å². The zero-order valence-electron chi connectivity index (χ0n) is 37.7. The molecule has 12 nitrogen and oxygen atoms in total. The number of aromatic amines is 1. The molecule has 6 aliphatic rings. The number of benzene rings is 4. The van der Waals surface area contributed by atoms with Crippen LogP contribution in [0.25, 0.3) is 22.3 Å². The van der Waals surface area contributed by atoms with E-state index in [2.05, 4.69) is 218 Å². The summed E-state index contributed by atoms with van der Waals surface area (Å²) in [6.07, 6.45) is 2.70. The van der Waals surface area contributed by atoms with Crippen LogP contribution in [-0.4, -0.2) is 135 Å². The van der Waals surface area contributed by atoms with Gasteiger partial charge in [-0.15, -0.1) is 0 Å². The fraction of sp³-hybridized carbons (Fsp3) is 0.353. The van der Waals surface area contributed by atoms with Crippen molar-refractivity contribution in [1.29, 1.82) is 0 Å². The number of anilines is 3. The zero-order chi connectivity index (χ0) is 46.1. The number of amides is 1.